The van der Waals surface area contributed by atoms with E-state index in [1.807, 2.05) is 13.0 Å². The summed E-state index contributed by atoms with van der Waals surface area (Å²) in [7, 11) is -3.68. The summed E-state index contributed by atoms with van der Waals surface area (Å²) in [6.07, 6.45) is 0. The highest BCUT2D eigenvalue weighted by Gasteiger charge is 2.27. The number of para-hydroxylation sites is 1. The van der Waals surface area contributed by atoms with Crippen LogP contribution >= 0.6 is 0 Å². The van der Waals surface area contributed by atoms with Crippen molar-refractivity contribution in [2.24, 2.45) is 5.14 Å². The highest BCUT2D eigenvalue weighted by molar-refractivity contribution is 7.86. The monoisotopic (exact) mass is 298 g/mol. The van der Waals surface area contributed by atoms with Crippen molar-refractivity contribution in [1.29, 1.82) is 0 Å². The number of nitrogen functional groups attached to an aromatic ring is 1. The van der Waals surface area contributed by atoms with E-state index < -0.39 is 10.2 Å². The van der Waals surface area contributed by atoms with Crippen molar-refractivity contribution in [2.45, 2.75) is 6.92 Å². The first-order chi connectivity index (χ1) is 9.30. The van der Waals surface area contributed by atoms with Gasteiger partial charge in [-0.05, 0) is 18.6 Å². The van der Waals surface area contributed by atoms with E-state index in [9.17, 15) is 13.2 Å². The van der Waals surface area contributed by atoms with E-state index in [1.165, 1.54) is 0 Å². The molecule has 8 heteroatoms. The zero-order chi connectivity index (χ0) is 14.9. The van der Waals surface area contributed by atoms with Crippen LogP contribution in [0.3, 0.4) is 0 Å². The lowest BCUT2D eigenvalue weighted by molar-refractivity contribution is 0.0699. The molecule has 4 N–H and O–H groups in total. The van der Waals surface area contributed by atoms with Crippen LogP contribution in [-0.4, -0.2) is 49.7 Å². The van der Waals surface area contributed by atoms with Crippen LogP contribution in [0.5, 0.6) is 0 Å². The Morgan fingerprint density at radius 1 is 1.20 bits per heavy atom. The van der Waals surface area contributed by atoms with Gasteiger partial charge in [-0.2, -0.15) is 12.7 Å². The molecular formula is C12H18N4O3S. The maximum absolute atomic E-state index is 12.4. The molecule has 1 saturated heterocycles. The van der Waals surface area contributed by atoms with Gasteiger partial charge >= 0.3 is 0 Å². The van der Waals surface area contributed by atoms with Gasteiger partial charge in [0.15, 0.2) is 0 Å². The normalized spacial score (nSPS) is 17.2. The Hall–Kier alpha value is -1.64. The van der Waals surface area contributed by atoms with Gasteiger partial charge in [-0.1, -0.05) is 12.1 Å². The fourth-order valence-electron chi connectivity index (χ4n) is 2.18. The van der Waals surface area contributed by atoms with Crippen molar-refractivity contribution in [3.63, 3.8) is 0 Å². The number of aryl methyl sites for hydroxylation is 1. The lowest BCUT2D eigenvalue weighted by atomic mass is 10.1. The molecule has 1 fully saturated rings. The molecule has 2 rings (SSSR count). The number of anilines is 1. The van der Waals surface area contributed by atoms with Gasteiger partial charge in [0.1, 0.15) is 0 Å². The third-order valence-electron chi connectivity index (χ3n) is 3.44. The number of carbonyl (C=O) groups excluding carboxylic acids is 1. The third-order valence-corrected chi connectivity index (χ3v) is 4.53. The molecule has 0 bridgehead atoms. The lowest BCUT2D eigenvalue weighted by Crippen LogP contribution is -2.52. The van der Waals surface area contributed by atoms with Crippen LogP contribution in [-0.2, 0) is 10.2 Å². The number of piperazine rings is 1. The third kappa shape index (κ3) is 2.92. The summed E-state index contributed by atoms with van der Waals surface area (Å²) >= 11 is 0. The topological polar surface area (TPSA) is 110 Å². The Morgan fingerprint density at radius 3 is 2.35 bits per heavy atom. The maximum Gasteiger partial charge on any atom is 0.277 e. The smallest absolute Gasteiger partial charge is 0.277 e. The zero-order valence-electron chi connectivity index (χ0n) is 11.2. The SMILES string of the molecule is Cc1cccc(C(=O)N2CCN(S(N)(=O)=O)CC2)c1N. The zero-order valence-corrected chi connectivity index (χ0v) is 12.1. The molecule has 7 nitrogen and oxygen atoms in total. The molecule has 0 saturated carbocycles. The molecule has 20 heavy (non-hydrogen) atoms. The quantitative estimate of drug-likeness (QED) is 0.720. The van der Waals surface area contributed by atoms with Crippen molar-refractivity contribution in [1.82, 2.24) is 9.21 Å². The first-order valence-corrected chi connectivity index (χ1v) is 7.73. The fraction of sp³-hybridized carbons (Fsp3) is 0.417. The molecule has 0 unspecified atom stereocenters. The van der Waals surface area contributed by atoms with Crippen LogP contribution in [0.2, 0.25) is 0 Å². The van der Waals surface area contributed by atoms with Gasteiger partial charge in [0, 0.05) is 31.9 Å². The van der Waals surface area contributed by atoms with Crippen molar-refractivity contribution in [3.05, 3.63) is 29.3 Å². The summed E-state index contributed by atoms with van der Waals surface area (Å²) < 4.78 is 23.6. The molecule has 0 aromatic heterocycles. The Morgan fingerprint density at radius 2 is 1.80 bits per heavy atom. The average Bonchev–Trinajstić information content (AvgIpc) is 2.40. The van der Waals surface area contributed by atoms with Crippen molar-refractivity contribution in [2.75, 3.05) is 31.9 Å². The lowest BCUT2D eigenvalue weighted by Gasteiger charge is -2.33. The van der Waals surface area contributed by atoms with E-state index in [-0.39, 0.29) is 19.0 Å². The summed E-state index contributed by atoms with van der Waals surface area (Å²) in [5.41, 5.74) is 7.68. The van der Waals surface area contributed by atoms with Gasteiger partial charge in [-0.15, -0.1) is 0 Å². The van der Waals surface area contributed by atoms with Gasteiger partial charge in [0.25, 0.3) is 16.1 Å². The number of carbonyl (C=O) groups is 1. The van der Waals surface area contributed by atoms with Gasteiger partial charge in [0.2, 0.25) is 0 Å². The Bertz CT molecular complexity index is 622. The Labute approximate surface area is 118 Å². The number of hydrogen-bond donors (Lipinski definition) is 2. The van der Waals surface area contributed by atoms with Crippen LogP contribution in [0.15, 0.2) is 18.2 Å². The van der Waals surface area contributed by atoms with E-state index in [0.717, 1.165) is 9.87 Å². The molecule has 0 radical (unpaired) electrons. The summed E-state index contributed by atoms with van der Waals surface area (Å²) in [5.74, 6) is -0.180. The van der Waals surface area contributed by atoms with E-state index in [4.69, 9.17) is 10.9 Å². The number of nitrogens with two attached hydrogens (primary N) is 2. The summed E-state index contributed by atoms with van der Waals surface area (Å²) in [5, 5.41) is 5.06. The summed E-state index contributed by atoms with van der Waals surface area (Å²) in [6.45, 7) is 2.86. The molecular weight excluding hydrogens is 280 g/mol. The van der Waals surface area contributed by atoms with Crippen LogP contribution in [0.1, 0.15) is 15.9 Å². The van der Waals surface area contributed by atoms with Gasteiger partial charge < -0.3 is 10.6 Å². The Kier molecular flexibility index (Phi) is 3.98. The summed E-state index contributed by atoms with van der Waals surface area (Å²) in [4.78, 5) is 14.0. The van der Waals surface area contributed by atoms with Gasteiger partial charge in [0.05, 0.1) is 5.56 Å². The average molecular weight is 298 g/mol. The highest BCUT2D eigenvalue weighted by atomic mass is 32.2. The fourth-order valence-corrected chi connectivity index (χ4v) is 2.86. The van der Waals surface area contributed by atoms with Crippen molar-refractivity contribution in [3.8, 4) is 0 Å². The molecule has 1 aromatic rings. The predicted octanol–water partition coefficient (Wildman–Crippen LogP) is -0.461. The molecule has 0 atom stereocenters. The van der Waals surface area contributed by atoms with E-state index in [2.05, 4.69) is 0 Å². The van der Waals surface area contributed by atoms with Crippen molar-refractivity contribution < 1.29 is 13.2 Å². The minimum absolute atomic E-state index is 0.180. The second-order valence-corrected chi connectivity index (χ2v) is 6.32. The second-order valence-electron chi connectivity index (χ2n) is 4.77. The number of nitrogens with zero attached hydrogens (tertiary/aromatic N) is 2. The largest absolute Gasteiger partial charge is 0.398 e. The van der Waals surface area contributed by atoms with Crippen LogP contribution in [0, 0.1) is 6.92 Å². The maximum atomic E-state index is 12.4. The molecule has 110 valence electrons. The molecule has 1 aromatic carbocycles. The molecule has 1 aliphatic heterocycles. The summed E-state index contributed by atoms with van der Waals surface area (Å²) in [6, 6.07) is 5.29. The van der Waals surface area contributed by atoms with Crippen LogP contribution in [0.4, 0.5) is 5.69 Å². The van der Waals surface area contributed by atoms with Gasteiger partial charge in [-0.25, -0.2) is 5.14 Å². The molecule has 0 aliphatic carbocycles. The molecule has 1 aliphatic rings. The number of benzene rings is 1. The van der Waals surface area contributed by atoms with Crippen molar-refractivity contribution >= 4 is 21.8 Å². The van der Waals surface area contributed by atoms with E-state index in [1.54, 1.807) is 17.0 Å². The van der Waals surface area contributed by atoms with Gasteiger partial charge in [-0.3, -0.25) is 4.79 Å². The molecule has 1 heterocycles. The molecule has 0 spiro atoms. The first-order valence-electron chi connectivity index (χ1n) is 6.23. The molecule has 1 amide bonds. The van der Waals surface area contributed by atoms with Crippen LogP contribution < -0.4 is 10.9 Å². The number of hydrogen-bond acceptors (Lipinski definition) is 4. The second kappa shape index (κ2) is 5.39. The van der Waals surface area contributed by atoms with Crippen LogP contribution in [0.25, 0.3) is 0 Å². The minimum Gasteiger partial charge on any atom is -0.398 e. The van der Waals surface area contributed by atoms with E-state index in [0.29, 0.717) is 24.3 Å². The van der Waals surface area contributed by atoms with E-state index >= 15 is 0 Å². The first kappa shape index (κ1) is 14.8. The standard InChI is InChI=1S/C12H18N4O3S/c1-9-3-2-4-10(11(9)13)12(17)15-5-7-16(8-6-15)20(14,18)19/h2-4H,5-8,13H2,1H3,(H2,14,18,19). The highest BCUT2D eigenvalue weighted by Crippen LogP contribution is 2.19. The minimum atomic E-state index is -3.68. The number of rotatable bonds is 2. The number of amides is 1. The Balaban J connectivity index is 2.11. The predicted molar refractivity (Wildman–Crippen MR) is 76.2 cm³/mol.